The predicted octanol–water partition coefficient (Wildman–Crippen LogP) is 1.43. The van der Waals surface area contributed by atoms with Crippen LogP contribution in [0.1, 0.15) is 11.4 Å². The minimum absolute atomic E-state index is 0.256. The summed E-state index contributed by atoms with van der Waals surface area (Å²) >= 11 is 0. The van der Waals surface area contributed by atoms with E-state index in [9.17, 15) is 13.2 Å². The Balaban J connectivity index is 1.57. The molecule has 0 aliphatic heterocycles. The Kier molecular flexibility index (Phi) is 4.99. The summed E-state index contributed by atoms with van der Waals surface area (Å²) in [7, 11) is -3.31. The number of aromatic nitrogens is 3. The molecule has 2 N–H and O–H groups in total. The summed E-state index contributed by atoms with van der Waals surface area (Å²) in [6.45, 7) is 0.256. The smallest absolute Gasteiger partial charge is 0.244 e. The molecule has 8 nitrogen and oxygen atoms in total. The lowest BCUT2D eigenvalue weighted by atomic mass is 10.2. The monoisotopic (exact) mass is 371 g/mol. The summed E-state index contributed by atoms with van der Waals surface area (Å²) in [4.78, 5) is 12.0. The van der Waals surface area contributed by atoms with E-state index in [0.29, 0.717) is 11.5 Å². The van der Waals surface area contributed by atoms with Gasteiger partial charge >= 0.3 is 0 Å². The number of carbonyl (C=O) groups excluding carboxylic acids is 1. The van der Waals surface area contributed by atoms with Crippen molar-refractivity contribution in [3.05, 3.63) is 66.1 Å². The summed E-state index contributed by atoms with van der Waals surface area (Å²) in [5.74, 6) is 0.370. The first kappa shape index (κ1) is 17.6. The van der Waals surface area contributed by atoms with E-state index in [-0.39, 0.29) is 12.5 Å². The molecule has 2 heterocycles. The van der Waals surface area contributed by atoms with E-state index in [2.05, 4.69) is 20.2 Å². The van der Waals surface area contributed by atoms with Crippen LogP contribution >= 0.6 is 0 Å². The van der Waals surface area contributed by atoms with Crippen LogP contribution < -0.4 is 10.0 Å². The Morgan fingerprint density at radius 1 is 1.15 bits per heavy atom. The third-order valence-corrected chi connectivity index (χ3v) is 4.05. The average Bonchev–Trinajstić information content (AvgIpc) is 3.01. The molecule has 0 bridgehead atoms. The maximum absolute atomic E-state index is 12.0. The molecule has 0 spiro atoms. The topological polar surface area (TPSA) is 105 Å². The first-order valence-electron chi connectivity index (χ1n) is 7.73. The minimum atomic E-state index is -3.31. The lowest BCUT2D eigenvalue weighted by molar-refractivity contribution is -0.116. The molecule has 0 aliphatic carbocycles. The second-order valence-electron chi connectivity index (χ2n) is 5.59. The highest BCUT2D eigenvalue weighted by Gasteiger charge is 2.05. The van der Waals surface area contributed by atoms with Crippen LogP contribution in [0.15, 0.2) is 54.7 Å². The molecule has 3 rings (SSSR count). The van der Waals surface area contributed by atoms with Crippen LogP contribution in [0.4, 0.5) is 5.69 Å². The molecule has 0 radical (unpaired) electrons. The normalized spacial score (nSPS) is 11.7. The van der Waals surface area contributed by atoms with Gasteiger partial charge < -0.3 is 5.32 Å². The number of benzene rings is 1. The fourth-order valence-electron chi connectivity index (χ4n) is 2.28. The van der Waals surface area contributed by atoms with E-state index in [0.717, 1.165) is 17.5 Å². The second-order valence-corrected chi connectivity index (χ2v) is 7.34. The molecule has 0 fully saturated rings. The Bertz CT molecular complexity index is 1060. The Morgan fingerprint density at radius 2 is 1.92 bits per heavy atom. The summed E-state index contributed by atoms with van der Waals surface area (Å²) in [6.07, 6.45) is 5.96. The second kappa shape index (κ2) is 7.36. The molecule has 1 amide bonds. The van der Waals surface area contributed by atoms with Gasteiger partial charge in [-0.15, -0.1) is 10.2 Å². The van der Waals surface area contributed by atoms with Crippen molar-refractivity contribution in [2.75, 3.05) is 11.0 Å². The van der Waals surface area contributed by atoms with Gasteiger partial charge in [0.25, 0.3) is 0 Å². The molecular formula is C17H17N5O3S. The minimum Gasteiger partial charge on any atom is -0.345 e. The SMILES string of the molecule is CS(=O)(=O)Nc1ccc(/C=C/C(=O)NCc2nnc3ccccn23)cc1. The van der Waals surface area contributed by atoms with Crippen LogP contribution in [0.3, 0.4) is 0 Å². The van der Waals surface area contributed by atoms with Gasteiger partial charge in [0.2, 0.25) is 15.9 Å². The maximum atomic E-state index is 12.0. The summed E-state index contributed by atoms with van der Waals surface area (Å²) < 4.78 is 26.5. The van der Waals surface area contributed by atoms with E-state index in [4.69, 9.17) is 0 Å². The molecule has 0 atom stereocenters. The van der Waals surface area contributed by atoms with Crippen LogP contribution in [0.5, 0.6) is 0 Å². The highest BCUT2D eigenvalue weighted by atomic mass is 32.2. The van der Waals surface area contributed by atoms with Gasteiger partial charge in [-0.3, -0.25) is 13.9 Å². The quantitative estimate of drug-likeness (QED) is 0.638. The van der Waals surface area contributed by atoms with Crippen molar-refractivity contribution in [1.82, 2.24) is 19.9 Å². The zero-order valence-electron chi connectivity index (χ0n) is 14.0. The first-order chi connectivity index (χ1) is 12.4. The third kappa shape index (κ3) is 4.67. The average molecular weight is 371 g/mol. The number of fused-ring (bicyclic) bond motifs is 1. The van der Waals surface area contributed by atoms with Crippen molar-refractivity contribution in [3.63, 3.8) is 0 Å². The number of carbonyl (C=O) groups is 1. The van der Waals surface area contributed by atoms with Gasteiger partial charge in [0.05, 0.1) is 12.8 Å². The van der Waals surface area contributed by atoms with Gasteiger partial charge in [-0.1, -0.05) is 18.2 Å². The number of pyridine rings is 1. The predicted molar refractivity (Wildman–Crippen MR) is 98.8 cm³/mol. The number of nitrogens with one attached hydrogen (secondary N) is 2. The van der Waals surface area contributed by atoms with Crippen molar-refractivity contribution in [2.45, 2.75) is 6.54 Å². The highest BCUT2D eigenvalue weighted by molar-refractivity contribution is 7.92. The van der Waals surface area contributed by atoms with Gasteiger partial charge in [-0.2, -0.15) is 0 Å². The molecule has 0 unspecified atom stereocenters. The van der Waals surface area contributed by atoms with Gasteiger partial charge in [0.1, 0.15) is 0 Å². The van der Waals surface area contributed by atoms with Crippen LogP contribution in [-0.2, 0) is 21.4 Å². The van der Waals surface area contributed by atoms with Crippen molar-refractivity contribution in [3.8, 4) is 0 Å². The summed E-state index contributed by atoms with van der Waals surface area (Å²) in [5, 5.41) is 10.8. The van der Waals surface area contributed by atoms with E-state index in [1.54, 1.807) is 34.7 Å². The molecule has 3 aromatic rings. The van der Waals surface area contributed by atoms with E-state index < -0.39 is 10.0 Å². The van der Waals surface area contributed by atoms with Crippen LogP contribution in [-0.4, -0.2) is 35.2 Å². The molecule has 26 heavy (non-hydrogen) atoms. The molecule has 0 aliphatic rings. The molecule has 9 heteroatoms. The number of hydrogen-bond donors (Lipinski definition) is 2. The van der Waals surface area contributed by atoms with Crippen molar-refractivity contribution >= 4 is 33.3 Å². The van der Waals surface area contributed by atoms with Crippen molar-refractivity contribution < 1.29 is 13.2 Å². The molecule has 0 saturated heterocycles. The lowest BCUT2D eigenvalue weighted by Crippen LogP contribution is -2.21. The molecular weight excluding hydrogens is 354 g/mol. The van der Waals surface area contributed by atoms with Gasteiger partial charge in [-0.25, -0.2) is 8.42 Å². The third-order valence-electron chi connectivity index (χ3n) is 3.45. The Hall–Kier alpha value is -3.20. The number of sulfonamides is 1. The van der Waals surface area contributed by atoms with E-state index >= 15 is 0 Å². The lowest BCUT2D eigenvalue weighted by Gasteiger charge is -2.03. The van der Waals surface area contributed by atoms with E-state index in [1.807, 2.05) is 24.4 Å². The number of anilines is 1. The van der Waals surface area contributed by atoms with Crippen LogP contribution in [0, 0.1) is 0 Å². The Morgan fingerprint density at radius 3 is 2.65 bits per heavy atom. The van der Waals surface area contributed by atoms with Gasteiger partial charge in [0.15, 0.2) is 11.5 Å². The Labute approximate surface area is 150 Å². The van der Waals surface area contributed by atoms with Gasteiger partial charge in [-0.05, 0) is 35.9 Å². The first-order valence-corrected chi connectivity index (χ1v) is 9.62. The van der Waals surface area contributed by atoms with E-state index in [1.165, 1.54) is 6.08 Å². The number of rotatable bonds is 6. The van der Waals surface area contributed by atoms with Crippen molar-refractivity contribution in [2.24, 2.45) is 0 Å². The van der Waals surface area contributed by atoms with Crippen LogP contribution in [0.2, 0.25) is 0 Å². The summed E-state index contributed by atoms with van der Waals surface area (Å²) in [6, 6.07) is 12.2. The molecule has 134 valence electrons. The largest absolute Gasteiger partial charge is 0.345 e. The molecule has 0 saturated carbocycles. The zero-order valence-corrected chi connectivity index (χ0v) is 14.8. The fraction of sp³-hybridized carbons (Fsp3) is 0.118. The fourth-order valence-corrected chi connectivity index (χ4v) is 2.85. The zero-order chi connectivity index (χ0) is 18.6. The standard InChI is InChI=1S/C17H17N5O3S/c1-26(24,25)21-14-8-5-13(6-9-14)7-10-17(23)18-12-16-20-19-15-4-2-3-11-22(15)16/h2-11,21H,12H2,1H3,(H,18,23)/b10-7+. The van der Waals surface area contributed by atoms with Gasteiger partial charge in [0, 0.05) is 18.0 Å². The van der Waals surface area contributed by atoms with Crippen molar-refractivity contribution in [1.29, 1.82) is 0 Å². The highest BCUT2D eigenvalue weighted by Crippen LogP contribution is 2.12. The summed E-state index contributed by atoms with van der Waals surface area (Å²) in [5.41, 5.74) is 1.95. The number of nitrogens with zero attached hydrogens (tertiary/aromatic N) is 3. The number of amides is 1. The molecule has 1 aromatic carbocycles. The molecule has 2 aromatic heterocycles. The maximum Gasteiger partial charge on any atom is 0.244 e. The number of hydrogen-bond acceptors (Lipinski definition) is 5. The van der Waals surface area contributed by atoms with Crippen LogP contribution in [0.25, 0.3) is 11.7 Å².